The Morgan fingerprint density at radius 2 is 1.10 bits per heavy atom. The molecule has 0 N–H and O–H groups in total. The zero-order valence-electron chi connectivity index (χ0n) is 16.4. The van der Waals surface area contributed by atoms with Crippen molar-refractivity contribution in [3.8, 4) is 11.1 Å². The Morgan fingerprint density at radius 1 is 0.452 bits per heavy atom. The van der Waals surface area contributed by atoms with E-state index in [4.69, 9.17) is 20.4 Å². The van der Waals surface area contributed by atoms with Crippen molar-refractivity contribution in [2.75, 3.05) is 0 Å². The standard InChI is InChI=1S/C28H15ClO2/c29-24-13-6-12-20-19-10-5-11-21(26(19)31-28(20)24)22-15-23-17-8-3-4-14-25(17)30-27(23)18-9-2-1-7-16(18)22/h1-15H. The fraction of sp³-hybridized carbons (Fsp3) is 0. The smallest absolute Gasteiger partial charge is 0.154 e. The molecule has 7 rings (SSSR count). The molecule has 2 aromatic heterocycles. The second-order valence-corrected chi connectivity index (χ2v) is 8.25. The van der Waals surface area contributed by atoms with Crippen molar-refractivity contribution in [1.82, 2.24) is 0 Å². The fourth-order valence-electron chi connectivity index (χ4n) is 4.77. The first-order chi connectivity index (χ1) is 15.3. The van der Waals surface area contributed by atoms with Gasteiger partial charge < -0.3 is 8.83 Å². The van der Waals surface area contributed by atoms with Gasteiger partial charge in [0.2, 0.25) is 0 Å². The van der Waals surface area contributed by atoms with Gasteiger partial charge in [-0.15, -0.1) is 0 Å². The van der Waals surface area contributed by atoms with E-state index in [0.29, 0.717) is 5.02 Å². The van der Waals surface area contributed by atoms with Crippen molar-refractivity contribution in [1.29, 1.82) is 0 Å². The van der Waals surface area contributed by atoms with Crippen LogP contribution in [0, 0.1) is 0 Å². The normalized spacial score (nSPS) is 12.0. The predicted molar refractivity (Wildman–Crippen MR) is 129 cm³/mol. The summed E-state index contributed by atoms with van der Waals surface area (Å²) in [6, 6.07) is 31.0. The van der Waals surface area contributed by atoms with E-state index in [-0.39, 0.29) is 0 Å². The van der Waals surface area contributed by atoms with Gasteiger partial charge in [0, 0.05) is 32.5 Å². The van der Waals surface area contributed by atoms with Gasteiger partial charge in [0.05, 0.1) is 5.02 Å². The van der Waals surface area contributed by atoms with Crippen LogP contribution in [0.4, 0.5) is 0 Å². The molecular formula is C28H15ClO2. The summed E-state index contributed by atoms with van der Waals surface area (Å²) in [7, 11) is 0. The van der Waals surface area contributed by atoms with Crippen molar-refractivity contribution < 1.29 is 8.83 Å². The highest BCUT2D eigenvalue weighted by Gasteiger charge is 2.18. The molecule has 0 saturated heterocycles. The highest BCUT2D eigenvalue weighted by molar-refractivity contribution is 6.36. The topological polar surface area (TPSA) is 26.3 Å². The van der Waals surface area contributed by atoms with Crippen LogP contribution < -0.4 is 0 Å². The van der Waals surface area contributed by atoms with Crippen LogP contribution in [-0.4, -0.2) is 0 Å². The Kier molecular flexibility index (Phi) is 3.36. The molecule has 7 aromatic rings. The molecule has 0 amide bonds. The highest BCUT2D eigenvalue weighted by atomic mass is 35.5. The number of hydrogen-bond acceptors (Lipinski definition) is 2. The molecule has 0 spiro atoms. The lowest BCUT2D eigenvalue weighted by Crippen LogP contribution is -1.84. The average Bonchev–Trinajstić information content (AvgIpc) is 3.38. The molecule has 0 bridgehead atoms. The predicted octanol–water partition coefficient (Wildman–Crippen LogP) is 8.96. The van der Waals surface area contributed by atoms with Crippen molar-refractivity contribution in [3.63, 3.8) is 0 Å². The molecule has 0 atom stereocenters. The lowest BCUT2D eigenvalue weighted by molar-refractivity contribution is 0.670. The number of hydrogen-bond donors (Lipinski definition) is 0. The summed E-state index contributed by atoms with van der Waals surface area (Å²) in [5, 5.41) is 7.17. The maximum Gasteiger partial charge on any atom is 0.154 e. The quantitative estimate of drug-likeness (QED) is 0.266. The van der Waals surface area contributed by atoms with E-state index in [0.717, 1.165) is 65.8 Å². The average molecular weight is 419 g/mol. The van der Waals surface area contributed by atoms with Crippen LogP contribution >= 0.6 is 11.6 Å². The van der Waals surface area contributed by atoms with Crippen molar-refractivity contribution >= 4 is 66.3 Å². The molecule has 2 heterocycles. The first-order valence-electron chi connectivity index (χ1n) is 10.2. The molecule has 5 aromatic carbocycles. The molecule has 0 radical (unpaired) electrons. The van der Waals surface area contributed by atoms with Crippen LogP contribution in [-0.2, 0) is 0 Å². The zero-order chi connectivity index (χ0) is 20.5. The Morgan fingerprint density at radius 3 is 1.97 bits per heavy atom. The molecule has 0 saturated carbocycles. The van der Waals surface area contributed by atoms with Gasteiger partial charge in [0.25, 0.3) is 0 Å². The third-order valence-electron chi connectivity index (χ3n) is 6.15. The van der Waals surface area contributed by atoms with E-state index in [2.05, 4.69) is 60.7 Å². The molecule has 0 aliphatic heterocycles. The van der Waals surface area contributed by atoms with Crippen molar-refractivity contribution in [2.45, 2.75) is 0 Å². The summed E-state index contributed by atoms with van der Waals surface area (Å²) >= 11 is 6.44. The first kappa shape index (κ1) is 17.0. The van der Waals surface area contributed by atoms with Crippen LogP contribution in [0.1, 0.15) is 0 Å². The number of benzene rings is 5. The summed E-state index contributed by atoms with van der Waals surface area (Å²) in [6.45, 7) is 0. The summed E-state index contributed by atoms with van der Waals surface area (Å²) in [4.78, 5) is 0. The molecule has 0 unspecified atom stereocenters. The first-order valence-corrected chi connectivity index (χ1v) is 10.6. The maximum atomic E-state index is 6.44. The van der Waals surface area contributed by atoms with E-state index in [1.54, 1.807) is 0 Å². The van der Waals surface area contributed by atoms with Gasteiger partial charge in [-0.1, -0.05) is 84.4 Å². The molecule has 3 heteroatoms. The molecule has 2 nitrogen and oxygen atoms in total. The van der Waals surface area contributed by atoms with Gasteiger partial charge in [-0.2, -0.15) is 0 Å². The van der Waals surface area contributed by atoms with Gasteiger partial charge in [0.15, 0.2) is 5.58 Å². The number of fused-ring (bicyclic) bond motifs is 8. The molecule has 0 fully saturated rings. The second-order valence-electron chi connectivity index (χ2n) is 7.85. The van der Waals surface area contributed by atoms with Crippen molar-refractivity contribution in [3.05, 3.63) is 96.0 Å². The monoisotopic (exact) mass is 418 g/mol. The maximum absolute atomic E-state index is 6.44. The van der Waals surface area contributed by atoms with Gasteiger partial charge >= 0.3 is 0 Å². The van der Waals surface area contributed by atoms with Gasteiger partial charge in [-0.3, -0.25) is 0 Å². The summed E-state index contributed by atoms with van der Waals surface area (Å²) in [5.41, 5.74) is 5.56. The van der Waals surface area contributed by atoms with E-state index in [1.807, 2.05) is 30.3 Å². The molecular weight excluding hydrogens is 404 g/mol. The Hall–Kier alpha value is -3.75. The minimum atomic E-state index is 0.626. The summed E-state index contributed by atoms with van der Waals surface area (Å²) < 4.78 is 12.6. The summed E-state index contributed by atoms with van der Waals surface area (Å²) in [5.74, 6) is 0. The van der Waals surface area contributed by atoms with Crippen LogP contribution in [0.5, 0.6) is 0 Å². The second kappa shape index (κ2) is 6.13. The van der Waals surface area contributed by atoms with Gasteiger partial charge in [-0.05, 0) is 29.1 Å². The zero-order valence-corrected chi connectivity index (χ0v) is 17.1. The van der Waals surface area contributed by atoms with E-state index in [1.165, 1.54) is 0 Å². The van der Waals surface area contributed by atoms with Gasteiger partial charge in [0.1, 0.15) is 16.7 Å². The Labute approximate surface area is 182 Å². The molecule has 0 aliphatic carbocycles. The van der Waals surface area contributed by atoms with E-state index < -0.39 is 0 Å². The number of furan rings is 2. The molecule has 146 valence electrons. The highest BCUT2D eigenvalue weighted by Crippen LogP contribution is 2.43. The third kappa shape index (κ3) is 2.28. The Balaban J connectivity index is 1.68. The molecule has 0 aliphatic rings. The largest absolute Gasteiger partial charge is 0.455 e. The Bertz CT molecular complexity index is 1800. The summed E-state index contributed by atoms with van der Waals surface area (Å²) in [6.07, 6.45) is 0. The van der Waals surface area contributed by atoms with E-state index >= 15 is 0 Å². The minimum Gasteiger partial charge on any atom is -0.455 e. The lowest BCUT2D eigenvalue weighted by atomic mass is 9.94. The van der Waals surface area contributed by atoms with Gasteiger partial charge in [-0.25, -0.2) is 0 Å². The number of rotatable bonds is 1. The number of halogens is 1. The lowest BCUT2D eigenvalue weighted by Gasteiger charge is -2.09. The van der Waals surface area contributed by atoms with Crippen LogP contribution in [0.15, 0.2) is 99.8 Å². The van der Waals surface area contributed by atoms with Crippen LogP contribution in [0.25, 0.3) is 65.8 Å². The number of para-hydroxylation sites is 3. The van der Waals surface area contributed by atoms with Crippen molar-refractivity contribution in [2.24, 2.45) is 0 Å². The van der Waals surface area contributed by atoms with E-state index in [9.17, 15) is 0 Å². The fourth-order valence-corrected chi connectivity index (χ4v) is 4.98. The minimum absolute atomic E-state index is 0.626. The third-order valence-corrected chi connectivity index (χ3v) is 6.45. The van der Waals surface area contributed by atoms with Crippen LogP contribution in [0.3, 0.4) is 0 Å². The SMILES string of the molecule is Clc1cccc2c1oc1c(-c3cc4c5ccccc5oc4c4ccccc34)cccc12. The molecule has 31 heavy (non-hydrogen) atoms. The van der Waals surface area contributed by atoms with Crippen LogP contribution in [0.2, 0.25) is 5.02 Å².